The molecule has 1 aromatic heterocycles. The van der Waals surface area contributed by atoms with Crippen LogP contribution in [0.2, 0.25) is 0 Å². The first-order valence-corrected chi connectivity index (χ1v) is 6.13. The SMILES string of the molecule is O=CC1=CC(Cc2cccc3nccnc23)=CNC1. The van der Waals surface area contributed by atoms with Crippen molar-refractivity contribution >= 4 is 17.3 Å². The number of allylic oxidation sites excluding steroid dienone is 2. The van der Waals surface area contributed by atoms with Crippen molar-refractivity contribution in [2.75, 3.05) is 6.54 Å². The van der Waals surface area contributed by atoms with Gasteiger partial charge in [0.25, 0.3) is 0 Å². The zero-order valence-electron chi connectivity index (χ0n) is 10.3. The van der Waals surface area contributed by atoms with Gasteiger partial charge in [-0.2, -0.15) is 0 Å². The minimum atomic E-state index is 0.600. The van der Waals surface area contributed by atoms with Gasteiger partial charge in [0, 0.05) is 37.1 Å². The monoisotopic (exact) mass is 251 g/mol. The maximum absolute atomic E-state index is 10.8. The largest absolute Gasteiger partial charge is 0.386 e. The summed E-state index contributed by atoms with van der Waals surface area (Å²) in [5.41, 5.74) is 4.76. The highest BCUT2D eigenvalue weighted by Crippen LogP contribution is 2.19. The number of hydrogen-bond donors (Lipinski definition) is 1. The number of fused-ring (bicyclic) bond motifs is 1. The van der Waals surface area contributed by atoms with Gasteiger partial charge in [0.05, 0.1) is 11.0 Å². The van der Waals surface area contributed by atoms with E-state index in [1.165, 1.54) is 0 Å². The van der Waals surface area contributed by atoms with Gasteiger partial charge in [-0.1, -0.05) is 12.1 Å². The quantitative estimate of drug-likeness (QED) is 0.845. The molecule has 4 nitrogen and oxygen atoms in total. The first-order valence-electron chi connectivity index (χ1n) is 6.13. The van der Waals surface area contributed by atoms with Gasteiger partial charge in [0.1, 0.15) is 6.29 Å². The van der Waals surface area contributed by atoms with Crippen LogP contribution in [0.25, 0.3) is 11.0 Å². The van der Waals surface area contributed by atoms with E-state index in [1.54, 1.807) is 12.4 Å². The van der Waals surface area contributed by atoms with E-state index >= 15 is 0 Å². The molecule has 0 atom stereocenters. The summed E-state index contributed by atoms with van der Waals surface area (Å²) in [6.07, 6.45) is 8.90. The number of benzene rings is 1. The van der Waals surface area contributed by atoms with Gasteiger partial charge in [-0.25, -0.2) is 0 Å². The molecule has 1 aliphatic rings. The number of carbonyl (C=O) groups excluding carboxylic acids is 1. The minimum absolute atomic E-state index is 0.600. The topological polar surface area (TPSA) is 54.9 Å². The van der Waals surface area contributed by atoms with Gasteiger partial charge in [0.2, 0.25) is 0 Å². The normalized spacial score (nSPS) is 14.5. The zero-order chi connectivity index (χ0) is 13.1. The second kappa shape index (κ2) is 5.02. The summed E-state index contributed by atoms with van der Waals surface area (Å²) in [5.74, 6) is 0. The number of nitrogens with zero attached hydrogens (tertiary/aromatic N) is 2. The number of dihydropyridines is 1. The Balaban J connectivity index is 1.96. The van der Waals surface area contributed by atoms with Crippen LogP contribution in [0, 0.1) is 0 Å². The molecule has 0 saturated heterocycles. The van der Waals surface area contributed by atoms with Crippen LogP contribution in [0.5, 0.6) is 0 Å². The van der Waals surface area contributed by atoms with Crippen LogP contribution >= 0.6 is 0 Å². The van der Waals surface area contributed by atoms with Crippen molar-refractivity contribution in [1.82, 2.24) is 15.3 Å². The number of para-hydroxylation sites is 1. The molecule has 19 heavy (non-hydrogen) atoms. The molecule has 0 spiro atoms. The van der Waals surface area contributed by atoms with E-state index in [9.17, 15) is 4.79 Å². The number of aromatic nitrogens is 2. The lowest BCUT2D eigenvalue weighted by molar-refractivity contribution is -0.105. The molecule has 4 heteroatoms. The van der Waals surface area contributed by atoms with Gasteiger partial charge >= 0.3 is 0 Å². The second-order valence-electron chi connectivity index (χ2n) is 4.46. The van der Waals surface area contributed by atoms with Crippen LogP contribution in [0.15, 0.2) is 54.0 Å². The first kappa shape index (κ1) is 11.6. The highest BCUT2D eigenvalue weighted by Gasteiger charge is 2.08. The van der Waals surface area contributed by atoms with Gasteiger partial charge < -0.3 is 5.32 Å². The van der Waals surface area contributed by atoms with Crippen molar-refractivity contribution in [2.45, 2.75) is 6.42 Å². The van der Waals surface area contributed by atoms with Crippen LogP contribution in [-0.2, 0) is 11.2 Å². The van der Waals surface area contributed by atoms with E-state index in [4.69, 9.17) is 0 Å². The molecular weight excluding hydrogens is 238 g/mol. The van der Waals surface area contributed by atoms with Crippen LogP contribution in [0.4, 0.5) is 0 Å². The number of carbonyl (C=O) groups is 1. The van der Waals surface area contributed by atoms with Crippen LogP contribution in [0.1, 0.15) is 5.56 Å². The summed E-state index contributed by atoms with van der Waals surface area (Å²) in [6, 6.07) is 5.97. The van der Waals surface area contributed by atoms with Gasteiger partial charge in [-0.15, -0.1) is 0 Å². The summed E-state index contributed by atoms with van der Waals surface area (Å²) in [5, 5.41) is 3.11. The molecule has 0 radical (unpaired) electrons. The van der Waals surface area contributed by atoms with E-state index < -0.39 is 0 Å². The number of nitrogens with one attached hydrogen (secondary N) is 1. The van der Waals surface area contributed by atoms with Gasteiger partial charge in [0.15, 0.2) is 0 Å². The number of rotatable bonds is 3. The molecular formula is C15H13N3O. The molecule has 0 bridgehead atoms. The Morgan fingerprint density at radius 2 is 2.16 bits per heavy atom. The lowest BCUT2D eigenvalue weighted by Gasteiger charge is -2.12. The zero-order valence-corrected chi connectivity index (χ0v) is 10.3. The lowest BCUT2D eigenvalue weighted by atomic mass is 10.0. The second-order valence-corrected chi connectivity index (χ2v) is 4.46. The molecule has 0 amide bonds. The predicted molar refractivity (Wildman–Crippen MR) is 73.5 cm³/mol. The third-order valence-corrected chi connectivity index (χ3v) is 3.09. The smallest absolute Gasteiger partial charge is 0.147 e. The Morgan fingerprint density at radius 1 is 1.26 bits per heavy atom. The molecule has 2 heterocycles. The molecule has 0 saturated carbocycles. The average molecular weight is 251 g/mol. The molecule has 2 aromatic rings. The molecule has 94 valence electrons. The Hall–Kier alpha value is -2.49. The molecule has 0 fully saturated rings. The summed E-state index contributed by atoms with van der Waals surface area (Å²) in [4.78, 5) is 19.5. The van der Waals surface area contributed by atoms with E-state index in [2.05, 4.69) is 15.3 Å². The van der Waals surface area contributed by atoms with Gasteiger partial charge in [-0.05, 0) is 23.3 Å². The van der Waals surface area contributed by atoms with E-state index in [1.807, 2.05) is 30.5 Å². The van der Waals surface area contributed by atoms with Crippen molar-refractivity contribution in [3.05, 3.63) is 59.6 Å². The molecule has 0 aliphatic carbocycles. The van der Waals surface area contributed by atoms with Crippen molar-refractivity contribution in [1.29, 1.82) is 0 Å². The Bertz CT molecular complexity index is 683. The fourth-order valence-corrected chi connectivity index (χ4v) is 2.22. The van der Waals surface area contributed by atoms with E-state index in [0.29, 0.717) is 6.54 Å². The predicted octanol–water partition coefficient (Wildman–Crippen LogP) is 1.78. The summed E-state index contributed by atoms with van der Waals surface area (Å²) >= 11 is 0. The van der Waals surface area contributed by atoms with E-state index in [0.717, 1.165) is 40.5 Å². The Morgan fingerprint density at radius 3 is 3.05 bits per heavy atom. The first-order chi connectivity index (χ1) is 9.36. The summed E-state index contributed by atoms with van der Waals surface area (Å²) in [6.45, 7) is 0.600. The molecule has 0 unspecified atom stereocenters. The van der Waals surface area contributed by atoms with Gasteiger partial charge in [-0.3, -0.25) is 14.8 Å². The standard InChI is InChI=1S/C15H13N3O/c19-10-12-6-11(8-16-9-12)7-13-2-1-3-14-15(13)18-5-4-17-14/h1-6,8,10,16H,7,9H2. The summed E-state index contributed by atoms with van der Waals surface area (Å²) < 4.78 is 0. The fraction of sp³-hybridized carbons (Fsp3) is 0.133. The third kappa shape index (κ3) is 2.38. The fourth-order valence-electron chi connectivity index (χ4n) is 2.22. The van der Waals surface area contributed by atoms with Crippen LogP contribution in [0.3, 0.4) is 0 Å². The Labute approximate surface area is 110 Å². The van der Waals surface area contributed by atoms with Crippen LogP contribution in [-0.4, -0.2) is 22.8 Å². The maximum Gasteiger partial charge on any atom is 0.147 e. The molecule has 1 N–H and O–H groups in total. The minimum Gasteiger partial charge on any atom is -0.386 e. The molecule has 1 aromatic carbocycles. The lowest BCUT2D eigenvalue weighted by Crippen LogP contribution is -2.16. The Kier molecular flexibility index (Phi) is 3.06. The van der Waals surface area contributed by atoms with Crippen molar-refractivity contribution < 1.29 is 4.79 Å². The maximum atomic E-state index is 10.8. The van der Waals surface area contributed by atoms with E-state index in [-0.39, 0.29) is 0 Å². The highest BCUT2D eigenvalue weighted by atomic mass is 16.1. The number of aldehydes is 1. The van der Waals surface area contributed by atoms with Crippen molar-refractivity contribution in [3.8, 4) is 0 Å². The highest BCUT2D eigenvalue weighted by molar-refractivity contribution is 5.79. The van der Waals surface area contributed by atoms with Crippen LogP contribution < -0.4 is 5.32 Å². The van der Waals surface area contributed by atoms with Crippen molar-refractivity contribution in [3.63, 3.8) is 0 Å². The third-order valence-electron chi connectivity index (χ3n) is 3.09. The number of hydrogen-bond acceptors (Lipinski definition) is 4. The summed E-state index contributed by atoms with van der Waals surface area (Å²) in [7, 11) is 0. The molecule has 1 aliphatic heterocycles. The average Bonchev–Trinajstić information content (AvgIpc) is 2.48. The molecule has 3 rings (SSSR count). The van der Waals surface area contributed by atoms with Crippen molar-refractivity contribution in [2.24, 2.45) is 0 Å².